The van der Waals surface area contributed by atoms with E-state index in [9.17, 15) is 9.50 Å². The second-order valence-electron chi connectivity index (χ2n) is 6.31. The molecular formula is C15H23FN2O2. The Hall–Kier alpha value is -1.49. The van der Waals surface area contributed by atoms with Crippen LogP contribution in [0.3, 0.4) is 0 Å². The molecule has 4 N–H and O–H groups in total. The number of nitrogens with two attached hydrogens (primary N) is 1. The number of halogens is 1. The highest BCUT2D eigenvalue weighted by Gasteiger charge is 2.47. The van der Waals surface area contributed by atoms with E-state index in [-0.39, 0.29) is 29.4 Å². The molecule has 0 spiro atoms. The summed E-state index contributed by atoms with van der Waals surface area (Å²) in [5, 5.41) is 13.0. The normalized spacial score (nSPS) is 24.4. The molecule has 2 atom stereocenters. The van der Waals surface area contributed by atoms with E-state index in [4.69, 9.17) is 10.5 Å². The van der Waals surface area contributed by atoms with E-state index in [1.807, 2.05) is 27.7 Å². The second-order valence-corrected chi connectivity index (χ2v) is 6.31. The van der Waals surface area contributed by atoms with E-state index < -0.39 is 5.82 Å². The van der Waals surface area contributed by atoms with Crippen molar-refractivity contribution in [2.45, 2.75) is 52.4 Å². The van der Waals surface area contributed by atoms with Crippen LogP contribution in [-0.2, 0) is 0 Å². The van der Waals surface area contributed by atoms with Crippen LogP contribution in [0.5, 0.6) is 5.75 Å². The lowest BCUT2D eigenvalue weighted by Gasteiger charge is -2.50. The standard InChI is InChI=1S/C15H23FN2O2/c1-8(2)20-12-6-11(10(17)5-9(12)16)18-13-7-14(19)15(13,3)4/h5-6,8,13-14,18-19H,7,17H2,1-4H3. The van der Waals surface area contributed by atoms with E-state index in [1.165, 1.54) is 6.07 Å². The van der Waals surface area contributed by atoms with Gasteiger partial charge in [-0.1, -0.05) is 13.8 Å². The molecule has 2 rings (SSSR count). The van der Waals surface area contributed by atoms with Gasteiger partial charge in [0.25, 0.3) is 0 Å². The smallest absolute Gasteiger partial charge is 0.167 e. The summed E-state index contributed by atoms with van der Waals surface area (Å²) >= 11 is 0. The number of anilines is 2. The van der Waals surface area contributed by atoms with Gasteiger partial charge >= 0.3 is 0 Å². The zero-order chi connectivity index (χ0) is 15.1. The monoisotopic (exact) mass is 282 g/mol. The minimum atomic E-state index is -0.463. The maximum absolute atomic E-state index is 13.8. The number of nitrogen functional groups attached to an aromatic ring is 1. The molecule has 1 aliphatic carbocycles. The molecule has 5 heteroatoms. The number of hydrogen-bond donors (Lipinski definition) is 3. The average molecular weight is 282 g/mol. The molecule has 1 aromatic carbocycles. The fraction of sp³-hybridized carbons (Fsp3) is 0.600. The number of nitrogens with one attached hydrogen (secondary N) is 1. The first kappa shape index (κ1) is 14.9. The summed E-state index contributed by atoms with van der Waals surface area (Å²) in [4.78, 5) is 0. The molecule has 0 radical (unpaired) electrons. The highest BCUT2D eigenvalue weighted by atomic mass is 19.1. The van der Waals surface area contributed by atoms with Gasteiger partial charge in [-0.25, -0.2) is 4.39 Å². The molecule has 1 fully saturated rings. The highest BCUT2D eigenvalue weighted by molar-refractivity contribution is 5.69. The van der Waals surface area contributed by atoms with Crippen molar-refractivity contribution in [1.29, 1.82) is 0 Å². The number of ether oxygens (including phenoxy) is 1. The Morgan fingerprint density at radius 2 is 2.10 bits per heavy atom. The SMILES string of the molecule is CC(C)Oc1cc(NC2CC(O)C2(C)C)c(N)cc1F. The Kier molecular flexibility index (Phi) is 3.82. The van der Waals surface area contributed by atoms with Gasteiger partial charge in [-0.15, -0.1) is 0 Å². The highest BCUT2D eigenvalue weighted by Crippen LogP contribution is 2.43. The molecule has 0 heterocycles. The van der Waals surface area contributed by atoms with Gasteiger partial charge in [-0.05, 0) is 20.3 Å². The third kappa shape index (κ3) is 2.68. The zero-order valence-electron chi connectivity index (χ0n) is 12.4. The van der Waals surface area contributed by atoms with Gasteiger partial charge in [0.05, 0.1) is 23.6 Å². The van der Waals surface area contributed by atoms with Crippen LogP contribution >= 0.6 is 0 Å². The van der Waals surface area contributed by atoms with Crippen LogP contribution in [0.4, 0.5) is 15.8 Å². The first-order valence-electron chi connectivity index (χ1n) is 6.92. The van der Waals surface area contributed by atoms with Gasteiger partial charge in [-0.3, -0.25) is 0 Å². The summed E-state index contributed by atoms with van der Waals surface area (Å²) < 4.78 is 19.2. The fourth-order valence-corrected chi connectivity index (χ4v) is 2.37. The van der Waals surface area contributed by atoms with E-state index in [1.54, 1.807) is 6.07 Å². The third-order valence-electron chi connectivity index (χ3n) is 4.01. The molecule has 0 saturated heterocycles. The van der Waals surface area contributed by atoms with Gasteiger partial charge in [0.1, 0.15) is 0 Å². The van der Waals surface area contributed by atoms with Crippen molar-refractivity contribution in [2.24, 2.45) is 5.41 Å². The molecule has 1 saturated carbocycles. The largest absolute Gasteiger partial charge is 0.488 e. The number of rotatable bonds is 4. The lowest BCUT2D eigenvalue weighted by atomic mass is 9.64. The van der Waals surface area contributed by atoms with Crippen LogP contribution < -0.4 is 15.8 Å². The van der Waals surface area contributed by atoms with Gasteiger partial charge in [-0.2, -0.15) is 0 Å². The van der Waals surface area contributed by atoms with Crippen LogP contribution in [0.25, 0.3) is 0 Å². The van der Waals surface area contributed by atoms with Gasteiger partial charge in [0.15, 0.2) is 11.6 Å². The van der Waals surface area contributed by atoms with Crippen molar-refractivity contribution >= 4 is 11.4 Å². The molecule has 0 bridgehead atoms. The Balaban J connectivity index is 2.20. The molecule has 112 valence electrons. The van der Waals surface area contributed by atoms with Crippen LogP contribution in [0.15, 0.2) is 12.1 Å². The first-order chi connectivity index (χ1) is 9.21. The summed E-state index contributed by atoms with van der Waals surface area (Å²) in [6, 6.07) is 2.96. The van der Waals surface area contributed by atoms with Crippen LogP contribution in [0.2, 0.25) is 0 Å². The van der Waals surface area contributed by atoms with Crippen molar-refractivity contribution in [3.63, 3.8) is 0 Å². The van der Waals surface area contributed by atoms with E-state index in [2.05, 4.69) is 5.32 Å². The van der Waals surface area contributed by atoms with Gasteiger partial charge in [0, 0.05) is 23.6 Å². The van der Waals surface area contributed by atoms with Gasteiger partial charge in [0.2, 0.25) is 0 Å². The quantitative estimate of drug-likeness (QED) is 0.743. The van der Waals surface area contributed by atoms with E-state index in [0.717, 1.165) is 0 Å². The Bertz CT molecular complexity index is 503. The van der Waals surface area contributed by atoms with Crippen molar-refractivity contribution in [3.05, 3.63) is 17.9 Å². The van der Waals surface area contributed by atoms with Crippen molar-refractivity contribution in [2.75, 3.05) is 11.1 Å². The summed E-state index contributed by atoms with van der Waals surface area (Å²) in [7, 11) is 0. The molecule has 4 nitrogen and oxygen atoms in total. The van der Waals surface area contributed by atoms with Crippen molar-refractivity contribution in [3.8, 4) is 5.75 Å². The van der Waals surface area contributed by atoms with E-state index >= 15 is 0 Å². The lowest BCUT2D eigenvalue weighted by molar-refractivity contribution is -0.0510. The van der Waals surface area contributed by atoms with Crippen molar-refractivity contribution < 1.29 is 14.2 Å². The van der Waals surface area contributed by atoms with Gasteiger partial charge < -0.3 is 20.9 Å². The molecule has 20 heavy (non-hydrogen) atoms. The Labute approximate surface area is 119 Å². The number of hydrogen-bond acceptors (Lipinski definition) is 4. The van der Waals surface area contributed by atoms with E-state index in [0.29, 0.717) is 17.8 Å². The summed E-state index contributed by atoms with van der Waals surface area (Å²) in [6.45, 7) is 7.66. The van der Waals surface area contributed by atoms with Crippen LogP contribution in [-0.4, -0.2) is 23.4 Å². The fourth-order valence-electron chi connectivity index (χ4n) is 2.37. The summed E-state index contributed by atoms with van der Waals surface area (Å²) in [5.74, 6) is -0.274. The number of benzene rings is 1. The maximum Gasteiger partial charge on any atom is 0.167 e. The summed E-state index contributed by atoms with van der Waals surface area (Å²) in [6.07, 6.45) is 0.223. The minimum absolute atomic E-state index is 0.108. The van der Waals surface area contributed by atoms with Crippen LogP contribution in [0, 0.1) is 11.2 Å². The molecular weight excluding hydrogens is 259 g/mol. The number of aliphatic hydroxyl groups is 1. The second kappa shape index (κ2) is 5.13. The maximum atomic E-state index is 13.8. The Morgan fingerprint density at radius 1 is 1.45 bits per heavy atom. The first-order valence-corrected chi connectivity index (χ1v) is 6.92. The molecule has 0 amide bonds. The lowest BCUT2D eigenvalue weighted by Crippen LogP contribution is -2.56. The average Bonchev–Trinajstić information content (AvgIpc) is 2.33. The predicted molar refractivity (Wildman–Crippen MR) is 78.4 cm³/mol. The predicted octanol–water partition coefficient (Wildman–Crippen LogP) is 2.77. The minimum Gasteiger partial charge on any atom is -0.488 e. The Morgan fingerprint density at radius 3 is 2.60 bits per heavy atom. The molecule has 1 aliphatic rings. The number of aliphatic hydroxyl groups excluding tert-OH is 1. The topological polar surface area (TPSA) is 67.5 Å². The molecule has 1 aromatic rings. The molecule has 0 aromatic heterocycles. The summed E-state index contributed by atoms with van der Waals surface area (Å²) in [5.41, 5.74) is 6.62. The zero-order valence-corrected chi connectivity index (χ0v) is 12.4. The third-order valence-corrected chi connectivity index (χ3v) is 4.01. The van der Waals surface area contributed by atoms with Crippen LogP contribution in [0.1, 0.15) is 34.1 Å². The molecule has 0 aliphatic heterocycles. The molecule has 2 unspecified atom stereocenters. The van der Waals surface area contributed by atoms with Crippen molar-refractivity contribution in [1.82, 2.24) is 0 Å².